The molecule has 21 heavy (non-hydrogen) atoms. The fraction of sp³-hybridized carbons (Fsp3) is 0.438. The molecule has 112 valence electrons. The van der Waals surface area contributed by atoms with E-state index in [0.717, 1.165) is 10.9 Å². The normalized spacial score (nSPS) is 18.6. The van der Waals surface area contributed by atoms with Gasteiger partial charge in [0.2, 0.25) is 0 Å². The molecule has 5 heteroatoms. The van der Waals surface area contributed by atoms with Crippen molar-refractivity contribution in [3.05, 3.63) is 36.0 Å². The Balaban J connectivity index is 1.98. The van der Waals surface area contributed by atoms with Crippen LogP contribution in [0.4, 0.5) is 0 Å². The van der Waals surface area contributed by atoms with E-state index in [2.05, 4.69) is 0 Å². The van der Waals surface area contributed by atoms with E-state index >= 15 is 0 Å². The second-order valence-electron chi connectivity index (χ2n) is 5.43. The third-order valence-electron chi connectivity index (χ3n) is 4.00. The molecule has 1 aliphatic heterocycles. The van der Waals surface area contributed by atoms with Gasteiger partial charge in [-0.2, -0.15) is 0 Å². The number of para-hydroxylation sites is 1. The van der Waals surface area contributed by atoms with Crippen molar-refractivity contribution in [3.8, 4) is 0 Å². The average Bonchev–Trinajstić information content (AvgIpc) is 3.08. The van der Waals surface area contributed by atoms with Gasteiger partial charge in [0.15, 0.2) is 0 Å². The zero-order chi connectivity index (χ0) is 14.8. The molecule has 0 aliphatic carbocycles. The number of benzene rings is 1. The number of fused-ring (bicyclic) bond motifs is 1. The maximum Gasteiger partial charge on any atom is 0.270 e. The Kier molecular flexibility index (Phi) is 3.94. The Labute approximate surface area is 123 Å². The Morgan fingerprint density at radius 3 is 2.95 bits per heavy atom. The fourth-order valence-electron chi connectivity index (χ4n) is 2.90. The van der Waals surface area contributed by atoms with E-state index in [4.69, 9.17) is 4.74 Å². The van der Waals surface area contributed by atoms with Crippen LogP contribution >= 0.6 is 0 Å². The molecule has 1 aliphatic rings. The van der Waals surface area contributed by atoms with Gasteiger partial charge in [0.05, 0.1) is 12.7 Å². The molecule has 1 aromatic heterocycles. The molecule has 0 radical (unpaired) electrons. The number of rotatable bonds is 4. The van der Waals surface area contributed by atoms with E-state index < -0.39 is 6.10 Å². The molecule has 1 amide bonds. The van der Waals surface area contributed by atoms with Crippen LogP contribution in [0.1, 0.15) is 16.9 Å². The topological polar surface area (TPSA) is 54.7 Å². The minimum Gasteiger partial charge on any atom is -0.391 e. The number of amides is 1. The number of carbonyl (C=O) groups excluding carboxylic acids is 1. The zero-order valence-corrected chi connectivity index (χ0v) is 12.2. The molecule has 2 aromatic rings. The number of ether oxygens (including phenoxy) is 1. The Morgan fingerprint density at radius 2 is 2.24 bits per heavy atom. The van der Waals surface area contributed by atoms with Crippen molar-refractivity contribution < 1.29 is 14.6 Å². The van der Waals surface area contributed by atoms with Crippen molar-refractivity contribution in [2.24, 2.45) is 0 Å². The summed E-state index contributed by atoms with van der Waals surface area (Å²) in [6, 6.07) is 9.89. The van der Waals surface area contributed by atoms with Crippen LogP contribution in [0.15, 0.2) is 30.3 Å². The van der Waals surface area contributed by atoms with Gasteiger partial charge in [-0.15, -0.1) is 0 Å². The second kappa shape index (κ2) is 5.87. The standard InChI is InChI=1S/C16H20N2O3/c1-21-9-8-18-14-5-3-2-4-12(14)10-15(18)16(20)17-7-6-13(19)11-17/h2-5,10,13,19H,6-9,11H2,1H3/t13-/m0/s1. The van der Waals surface area contributed by atoms with Crippen molar-refractivity contribution in [2.75, 3.05) is 26.8 Å². The monoisotopic (exact) mass is 288 g/mol. The molecule has 1 aromatic carbocycles. The summed E-state index contributed by atoms with van der Waals surface area (Å²) in [7, 11) is 1.66. The van der Waals surface area contributed by atoms with Crippen LogP contribution in [0.25, 0.3) is 10.9 Å². The number of hydrogen-bond donors (Lipinski definition) is 1. The van der Waals surface area contributed by atoms with Gasteiger partial charge in [-0.1, -0.05) is 18.2 Å². The maximum atomic E-state index is 12.7. The van der Waals surface area contributed by atoms with E-state index in [1.54, 1.807) is 12.0 Å². The van der Waals surface area contributed by atoms with E-state index in [9.17, 15) is 9.90 Å². The number of β-amino-alcohol motifs (C(OH)–C–C–N with tert-alkyl or cyclic N) is 1. The van der Waals surface area contributed by atoms with Crippen LogP contribution in [0.5, 0.6) is 0 Å². The Morgan fingerprint density at radius 1 is 1.43 bits per heavy atom. The van der Waals surface area contributed by atoms with Gasteiger partial charge >= 0.3 is 0 Å². The Bertz CT molecular complexity index is 650. The summed E-state index contributed by atoms with van der Waals surface area (Å²) < 4.78 is 7.16. The highest BCUT2D eigenvalue weighted by Gasteiger charge is 2.27. The SMILES string of the molecule is COCCn1c(C(=O)N2CC[C@H](O)C2)cc2ccccc21. The molecule has 1 atom stereocenters. The minimum atomic E-state index is -0.397. The summed E-state index contributed by atoms with van der Waals surface area (Å²) in [5.41, 5.74) is 1.71. The summed E-state index contributed by atoms with van der Waals surface area (Å²) in [4.78, 5) is 14.4. The molecule has 1 N–H and O–H groups in total. The lowest BCUT2D eigenvalue weighted by atomic mass is 10.2. The molecule has 2 heterocycles. The van der Waals surface area contributed by atoms with Crippen LogP contribution in [0, 0.1) is 0 Å². The van der Waals surface area contributed by atoms with Crippen molar-refractivity contribution in [1.82, 2.24) is 9.47 Å². The number of aliphatic hydroxyl groups is 1. The molecule has 1 saturated heterocycles. The Hall–Kier alpha value is -1.85. The molecule has 0 bridgehead atoms. The highest BCUT2D eigenvalue weighted by molar-refractivity contribution is 5.99. The summed E-state index contributed by atoms with van der Waals surface area (Å²) in [5.74, 6) is -0.0150. The van der Waals surface area contributed by atoms with Crippen molar-refractivity contribution in [1.29, 1.82) is 0 Å². The maximum absolute atomic E-state index is 12.7. The molecule has 0 saturated carbocycles. The number of likely N-dealkylation sites (tertiary alicyclic amines) is 1. The van der Waals surface area contributed by atoms with Crippen molar-refractivity contribution >= 4 is 16.8 Å². The average molecular weight is 288 g/mol. The highest BCUT2D eigenvalue weighted by atomic mass is 16.5. The third-order valence-corrected chi connectivity index (χ3v) is 4.00. The predicted molar refractivity (Wildman–Crippen MR) is 80.3 cm³/mol. The van der Waals surface area contributed by atoms with Crippen LogP contribution in [0.2, 0.25) is 0 Å². The molecular weight excluding hydrogens is 268 g/mol. The van der Waals surface area contributed by atoms with E-state index in [1.165, 1.54) is 0 Å². The number of hydrogen-bond acceptors (Lipinski definition) is 3. The molecule has 3 rings (SSSR count). The first kappa shape index (κ1) is 14.1. The van der Waals surface area contributed by atoms with E-state index in [1.807, 2.05) is 34.9 Å². The fourth-order valence-corrected chi connectivity index (χ4v) is 2.90. The first-order valence-electron chi connectivity index (χ1n) is 7.25. The lowest BCUT2D eigenvalue weighted by Crippen LogP contribution is -2.31. The molecule has 0 spiro atoms. The summed E-state index contributed by atoms with van der Waals surface area (Å²) in [6.45, 7) is 2.24. The smallest absolute Gasteiger partial charge is 0.270 e. The van der Waals surface area contributed by atoms with Crippen LogP contribution < -0.4 is 0 Å². The van der Waals surface area contributed by atoms with Gasteiger partial charge in [-0.05, 0) is 18.6 Å². The quantitative estimate of drug-likeness (QED) is 0.927. The van der Waals surface area contributed by atoms with Gasteiger partial charge in [0, 0.05) is 37.6 Å². The first-order chi connectivity index (χ1) is 10.2. The molecule has 1 fully saturated rings. The van der Waals surface area contributed by atoms with Gasteiger partial charge in [0.1, 0.15) is 5.69 Å². The third kappa shape index (κ3) is 2.66. The number of aromatic nitrogens is 1. The summed E-state index contributed by atoms with van der Waals surface area (Å²) >= 11 is 0. The molecule has 5 nitrogen and oxygen atoms in total. The van der Waals surface area contributed by atoms with Crippen LogP contribution in [-0.2, 0) is 11.3 Å². The van der Waals surface area contributed by atoms with Crippen molar-refractivity contribution in [2.45, 2.75) is 19.1 Å². The summed E-state index contributed by atoms with van der Waals surface area (Å²) in [5, 5.41) is 10.7. The zero-order valence-electron chi connectivity index (χ0n) is 12.2. The lowest BCUT2D eigenvalue weighted by Gasteiger charge is -2.17. The predicted octanol–water partition coefficient (Wildman–Crippen LogP) is 1.49. The number of carbonyl (C=O) groups is 1. The van der Waals surface area contributed by atoms with Gasteiger partial charge in [-0.25, -0.2) is 0 Å². The van der Waals surface area contributed by atoms with E-state index in [0.29, 0.717) is 38.4 Å². The highest BCUT2D eigenvalue weighted by Crippen LogP contribution is 2.22. The first-order valence-corrected chi connectivity index (χ1v) is 7.25. The minimum absolute atomic E-state index is 0.0150. The second-order valence-corrected chi connectivity index (χ2v) is 5.43. The number of aliphatic hydroxyl groups excluding tert-OH is 1. The lowest BCUT2D eigenvalue weighted by molar-refractivity contribution is 0.0752. The van der Waals surface area contributed by atoms with Gasteiger partial charge in [-0.3, -0.25) is 4.79 Å². The van der Waals surface area contributed by atoms with E-state index in [-0.39, 0.29) is 5.91 Å². The van der Waals surface area contributed by atoms with Crippen LogP contribution in [-0.4, -0.2) is 53.4 Å². The van der Waals surface area contributed by atoms with Crippen molar-refractivity contribution in [3.63, 3.8) is 0 Å². The molecular formula is C16H20N2O3. The molecule has 0 unspecified atom stereocenters. The van der Waals surface area contributed by atoms with Gasteiger partial charge in [0.25, 0.3) is 5.91 Å². The number of nitrogens with zero attached hydrogens (tertiary/aromatic N) is 2. The summed E-state index contributed by atoms with van der Waals surface area (Å²) in [6.07, 6.45) is 0.259. The van der Waals surface area contributed by atoms with Gasteiger partial charge < -0.3 is 19.3 Å². The largest absolute Gasteiger partial charge is 0.391 e. The number of methoxy groups -OCH3 is 1. The van der Waals surface area contributed by atoms with Crippen LogP contribution in [0.3, 0.4) is 0 Å².